The molecule has 0 spiro atoms. The van der Waals surface area contributed by atoms with Crippen LogP contribution in [-0.4, -0.2) is 36.3 Å². The summed E-state index contributed by atoms with van der Waals surface area (Å²) in [6.07, 6.45) is 1.11. The van der Waals surface area contributed by atoms with Crippen molar-refractivity contribution in [3.05, 3.63) is 77.6 Å². The molecule has 4 rings (SSSR count). The molecular weight excluding hydrogens is 483 g/mol. The Morgan fingerprint density at radius 3 is 2.35 bits per heavy atom. The third kappa shape index (κ3) is 4.90. The summed E-state index contributed by atoms with van der Waals surface area (Å²) in [7, 11) is -1.07. The molecule has 2 aromatic carbocycles. The molecule has 0 unspecified atom stereocenters. The molecule has 0 bridgehead atoms. The Balaban J connectivity index is 0.00000324. The number of anilines is 1. The van der Waals surface area contributed by atoms with Gasteiger partial charge in [-0.1, -0.05) is 30.3 Å². The van der Waals surface area contributed by atoms with Crippen LogP contribution in [0.3, 0.4) is 0 Å². The van der Waals surface area contributed by atoms with Gasteiger partial charge in [0.2, 0.25) is 0 Å². The molecule has 9 nitrogen and oxygen atoms in total. The molecule has 0 saturated heterocycles. The number of carbonyl (C=O) groups excluding carboxylic acids is 1. The number of ether oxygens (including phenoxy) is 1. The third-order valence-electron chi connectivity index (χ3n) is 5.29. The predicted octanol–water partition coefficient (Wildman–Crippen LogP) is -0.952. The number of benzene rings is 2. The number of hydrogen-bond acceptors (Lipinski definition) is 7. The molecule has 11 heteroatoms. The first kappa shape index (κ1) is 26.3. The van der Waals surface area contributed by atoms with Gasteiger partial charge in [0.1, 0.15) is 5.75 Å². The van der Waals surface area contributed by atoms with E-state index in [1.54, 1.807) is 38.2 Å². The molecule has 2 aromatic heterocycles. The third-order valence-corrected chi connectivity index (χ3v) is 7.05. The second kappa shape index (κ2) is 10.5. The van der Waals surface area contributed by atoms with E-state index in [1.165, 1.54) is 36.1 Å². The van der Waals surface area contributed by atoms with Gasteiger partial charge in [0.25, 0.3) is 10.0 Å². The van der Waals surface area contributed by atoms with E-state index in [0.717, 1.165) is 10.5 Å². The topological polar surface area (TPSA) is 117 Å². The Morgan fingerprint density at radius 1 is 1.12 bits per heavy atom. The van der Waals surface area contributed by atoms with Crippen molar-refractivity contribution in [3.63, 3.8) is 0 Å². The Kier molecular flexibility index (Phi) is 8.16. The van der Waals surface area contributed by atoms with Crippen molar-refractivity contribution in [3.8, 4) is 5.75 Å². The number of carbonyl (C=O) groups is 1. The van der Waals surface area contributed by atoms with Gasteiger partial charge in [-0.3, -0.25) is 8.99 Å². The van der Waals surface area contributed by atoms with E-state index < -0.39 is 16.0 Å². The number of nitrogens with zero attached hydrogens (tertiary/aromatic N) is 4. The van der Waals surface area contributed by atoms with Gasteiger partial charge in [-0.05, 0) is 36.8 Å². The minimum atomic E-state index is -4.21. The summed E-state index contributed by atoms with van der Waals surface area (Å²) in [5.41, 5.74) is 1.10. The first-order chi connectivity index (χ1) is 15.7. The van der Waals surface area contributed by atoms with Crippen LogP contribution < -0.4 is 65.5 Å². The molecule has 0 N–H and O–H groups in total. The van der Waals surface area contributed by atoms with Gasteiger partial charge < -0.3 is 14.6 Å². The molecule has 0 amide bonds. The zero-order chi connectivity index (χ0) is 23.8. The van der Waals surface area contributed by atoms with E-state index in [0.29, 0.717) is 28.0 Å². The molecule has 2 heterocycles. The van der Waals surface area contributed by atoms with Gasteiger partial charge in [0.15, 0.2) is 5.65 Å². The van der Waals surface area contributed by atoms with Crippen molar-refractivity contribution in [1.29, 1.82) is 0 Å². The van der Waals surface area contributed by atoms with E-state index >= 15 is 0 Å². The summed E-state index contributed by atoms with van der Waals surface area (Å²) in [5.74, 6) is -1.04. The van der Waals surface area contributed by atoms with Crippen LogP contribution in [0.4, 0.5) is 5.69 Å². The molecule has 0 saturated carbocycles. The maximum Gasteiger partial charge on any atom is 1.00 e. The van der Waals surface area contributed by atoms with Gasteiger partial charge in [-0.2, -0.15) is 5.10 Å². The predicted molar refractivity (Wildman–Crippen MR) is 120 cm³/mol. The van der Waals surface area contributed by atoms with Gasteiger partial charge in [0.05, 0.1) is 41.3 Å². The van der Waals surface area contributed by atoms with Crippen LogP contribution in [0.5, 0.6) is 5.75 Å². The Morgan fingerprint density at radius 2 is 1.76 bits per heavy atom. The molecule has 0 aliphatic rings. The number of aromatic carboxylic acids is 1. The zero-order valence-corrected chi connectivity index (χ0v) is 23.2. The maximum atomic E-state index is 13.9. The minimum absolute atomic E-state index is 0. The van der Waals surface area contributed by atoms with Crippen molar-refractivity contribution in [2.45, 2.75) is 18.4 Å². The van der Waals surface area contributed by atoms with E-state index in [2.05, 4.69) is 10.1 Å². The largest absolute Gasteiger partial charge is 1.00 e. The quantitative estimate of drug-likeness (QED) is 0.298. The fourth-order valence-corrected chi connectivity index (χ4v) is 5.19. The van der Waals surface area contributed by atoms with Crippen molar-refractivity contribution >= 4 is 32.7 Å². The van der Waals surface area contributed by atoms with E-state index in [4.69, 9.17) is 4.74 Å². The molecule has 4 aromatic rings. The van der Waals surface area contributed by atoms with Crippen molar-refractivity contribution in [1.82, 2.24) is 14.8 Å². The van der Waals surface area contributed by atoms with Gasteiger partial charge in [-0.15, -0.1) is 0 Å². The number of hydrogen-bond donors (Lipinski definition) is 0. The summed E-state index contributed by atoms with van der Waals surface area (Å²) in [5, 5.41) is 16.7. The number of sulfonamides is 1. The SMILES string of the molecule is COc1ccc(S(=O)(=O)N(Cc2ccccc2)c2c(C(=O)[O-])cnc3c2c(C)nn3C)cc1.[K+]. The first-order valence-corrected chi connectivity index (χ1v) is 11.4. The Bertz CT molecular complexity index is 1440. The summed E-state index contributed by atoms with van der Waals surface area (Å²) in [4.78, 5) is 16.2. The normalized spacial score (nSPS) is 11.1. The average Bonchev–Trinajstić information content (AvgIpc) is 3.11. The minimum Gasteiger partial charge on any atom is -0.545 e. The molecule has 0 fully saturated rings. The molecule has 0 aliphatic heterocycles. The number of carboxylic acids is 1. The fraction of sp³-hybridized carbons (Fsp3) is 0.174. The molecular formula is C23H21KN4O5S. The van der Waals surface area contributed by atoms with Crippen LogP contribution in [0.1, 0.15) is 21.6 Å². The van der Waals surface area contributed by atoms with Crippen LogP contribution >= 0.6 is 0 Å². The van der Waals surface area contributed by atoms with E-state index in [-0.39, 0.29) is 74.1 Å². The summed E-state index contributed by atoms with van der Waals surface area (Å²) < 4.78 is 35.5. The number of carboxylic acid groups (broad SMARTS) is 1. The summed E-state index contributed by atoms with van der Waals surface area (Å²) in [6.45, 7) is 1.57. The number of methoxy groups -OCH3 is 1. The zero-order valence-electron chi connectivity index (χ0n) is 19.2. The molecule has 0 atom stereocenters. The van der Waals surface area contributed by atoms with E-state index in [1.807, 2.05) is 6.07 Å². The second-order valence-electron chi connectivity index (χ2n) is 7.39. The van der Waals surface area contributed by atoms with Gasteiger partial charge in [-0.25, -0.2) is 13.4 Å². The van der Waals surface area contributed by atoms with Crippen molar-refractivity contribution in [2.24, 2.45) is 7.05 Å². The first-order valence-electron chi connectivity index (χ1n) is 9.98. The van der Waals surface area contributed by atoms with Crippen LogP contribution in [0, 0.1) is 6.92 Å². The van der Waals surface area contributed by atoms with Crippen LogP contribution in [0.2, 0.25) is 0 Å². The number of pyridine rings is 1. The van der Waals surface area contributed by atoms with Crippen LogP contribution in [-0.2, 0) is 23.6 Å². The monoisotopic (exact) mass is 504 g/mol. The standard InChI is InChI=1S/C23H22N4O5S.K/c1-15-20-21(19(23(28)29)13-24-22(20)26(2)25-15)27(14-16-7-5-4-6-8-16)33(30,31)18-11-9-17(32-3)10-12-18;/h4-13H,14H2,1-3H3,(H,28,29);/q;+1/p-1. The molecule has 0 radical (unpaired) electrons. The number of rotatable bonds is 7. The van der Waals surface area contributed by atoms with Crippen molar-refractivity contribution < 1.29 is 74.4 Å². The van der Waals surface area contributed by atoms with Crippen LogP contribution in [0.25, 0.3) is 11.0 Å². The Hall–Kier alpha value is -2.28. The number of fused-ring (bicyclic) bond motifs is 1. The number of aromatic nitrogens is 3. The van der Waals surface area contributed by atoms with E-state index in [9.17, 15) is 18.3 Å². The molecule has 170 valence electrons. The molecule has 34 heavy (non-hydrogen) atoms. The summed E-state index contributed by atoms with van der Waals surface area (Å²) in [6, 6.07) is 14.8. The fourth-order valence-electron chi connectivity index (χ4n) is 3.71. The maximum absolute atomic E-state index is 13.9. The summed E-state index contributed by atoms with van der Waals surface area (Å²) >= 11 is 0. The van der Waals surface area contributed by atoms with Gasteiger partial charge >= 0.3 is 51.4 Å². The average molecular weight is 505 g/mol. The second-order valence-corrected chi connectivity index (χ2v) is 9.25. The molecule has 0 aliphatic carbocycles. The van der Waals surface area contributed by atoms with Crippen LogP contribution in [0.15, 0.2) is 65.7 Å². The van der Waals surface area contributed by atoms with Crippen molar-refractivity contribution in [2.75, 3.05) is 11.4 Å². The van der Waals surface area contributed by atoms with Gasteiger partial charge in [0, 0.05) is 18.8 Å². The smallest absolute Gasteiger partial charge is 0.545 e. The Labute approximate surface area is 239 Å². The number of aryl methyl sites for hydroxylation is 2.